The molecule has 3 N–H and O–H groups in total. The van der Waals surface area contributed by atoms with Crippen LogP contribution < -0.4 is 15.5 Å². The Kier molecular flexibility index (Phi) is 4.81. The molecule has 0 saturated carbocycles. The van der Waals surface area contributed by atoms with Crippen molar-refractivity contribution >= 4 is 17.4 Å². The Morgan fingerprint density at radius 2 is 2.05 bits per heavy atom. The van der Waals surface area contributed by atoms with E-state index in [2.05, 4.69) is 50.0 Å². The fraction of sp³-hybridized carbons (Fsp3) is 0.333. The second kappa shape index (κ2) is 6.78. The molecule has 0 fully saturated rings. The van der Waals surface area contributed by atoms with Crippen LogP contribution in [0.15, 0.2) is 36.7 Å². The molecule has 0 radical (unpaired) electrons. The Balaban J connectivity index is 1.83. The minimum atomic E-state index is -0.228. The zero-order valence-electron chi connectivity index (χ0n) is 12.6. The van der Waals surface area contributed by atoms with Crippen molar-refractivity contribution in [1.29, 1.82) is 0 Å². The molecule has 2 amide bonds. The van der Waals surface area contributed by atoms with Crippen molar-refractivity contribution in [2.45, 2.75) is 19.4 Å². The van der Waals surface area contributed by atoms with Crippen molar-refractivity contribution in [1.82, 2.24) is 15.5 Å². The fourth-order valence-corrected chi connectivity index (χ4v) is 2.04. The molecule has 0 saturated heterocycles. The molecular formula is C15H21N5O. The number of carbonyl (C=O) groups is 1. The summed E-state index contributed by atoms with van der Waals surface area (Å²) in [5, 5.41) is 12.0. The number of amides is 2. The molecule has 0 bridgehead atoms. The average molecular weight is 287 g/mol. The Morgan fingerprint density at radius 1 is 1.33 bits per heavy atom. The lowest BCUT2D eigenvalue weighted by atomic mass is 10.1. The van der Waals surface area contributed by atoms with Gasteiger partial charge in [0, 0.05) is 32.0 Å². The standard InChI is InChI=1S/C15H21N5O/c1-11(18-15(21)19-13-9-16-17-10-13)8-12-4-6-14(7-5-12)20(2)3/h4-7,9-11H,8H2,1-3H3,(H,16,17)(H2,18,19,21). The van der Waals surface area contributed by atoms with E-state index in [1.807, 2.05) is 21.0 Å². The van der Waals surface area contributed by atoms with Crippen LogP contribution in [0.2, 0.25) is 0 Å². The van der Waals surface area contributed by atoms with E-state index in [0.717, 1.165) is 12.1 Å². The van der Waals surface area contributed by atoms with E-state index < -0.39 is 0 Å². The number of nitrogens with zero attached hydrogens (tertiary/aromatic N) is 2. The smallest absolute Gasteiger partial charge is 0.319 e. The van der Waals surface area contributed by atoms with Gasteiger partial charge < -0.3 is 15.5 Å². The number of anilines is 2. The van der Waals surface area contributed by atoms with Gasteiger partial charge in [-0.25, -0.2) is 4.79 Å². The number of carbonyl (C=O) groups excluding carboxylic acids is 1. The van der Waals surface area contributed by atoms with Crippen LogP contribution in [0.4, 0.5) is 16.2 Å². The Bertz CT molecular complexity index is 562. The van der Waals surface area contributed by atoms with Gasteiger partial charge in [0.2, 0.25) is 0 Å². The molecule has 0 aliphatic carbocycles. The molecule has 6 heteroatoms. The van der Waals surface area contributed by atoms with E-state index in [0.29, 0.717) is 5.69 Å². The van der Waals surface area contributed by atoms with Gasteiger partial charge in [-0.2, -0.15) is 5.10 Å². The molecule has 0 aliphatic rings. The third-order valence-corrected chi connectivity index (χ3v) is 3.13. The van der Waals surface area contributed by atoms with Crippen molar-refractivity contribution in [3.8, 4) is 0 Å². The molecule has 2 rings (SSSR count). The minimum Gasteiger partial charge on any atom is -0.378 e. The SMILES string of the molecule is CC(Cc1ccc(N(C)C)cc1)NC(=O)Nc1cn[nH]c1. The minimum absolute atomic E-state index is 0.0436. The summed E-state index contributed by atoms with van der Waals surface area (Å²) in [4.78, 5) is 13.8. The molecule has 0 aliphatic heterocycles. The number of H-pyrrole nitrogens is 1. The summed E-state index contributed by atoms with van der Waals surface area (Å²) in [7, 11) is 4.03. The van der Waals surface area contributed by atoms with Gasteiger partial charge in [0.15, 0.2) is 0 Å². The summed E-state index contributed by atoms with van der Waals surface area (Å²) in [6, 6.07) is 8.14. The molecule has 1 heterocycles. The lowest BCUT2D eigenvalue weighted by Gasteiger charge is -2.16. The first kappa shape index (κ1) is 14.9. The van der Waals surface area contributed by atoms with E-state index in [4.69, 9.17) is 0 Å². The molecule has 6 nitrogen and oxygen atoms in total. The van der Waals surface area contributed by atoms with E-state index in [9.17, 15) is 4.79 Å². The first-order valence-corrected chi connectivity index (χ1v) is 6.87. The highest BCUT2D eigenvalue weighted by Crippen LogP contribution is 2.13. The maximum Gasteiger partial charge on any atom is 0.319 e. The number of nitrogens with one attached hydrogen (secondary N) is 3. The highest BCUT2D eigenvalue weighted by atomic mass is 16.2. The monoisotopic (exact) mass is 287 g/mol. The summed E-state index contributed by atoms with van der Waals surface area (Å²) in [5.41, 5.74) is 3.00. The lowest BCUT2D eigenvalue weighted by Crippen LogP contribution is -2.37. The first-order chi connectivity index (χ1) is 10.0. The molecule has 1 atom stereocenters. The number of hydrogen-bond acceptors (Lipinski definition) is 3. The lowest BCUT2D eigenvalue weighted by molar-refractivity contribution is 0.249. The van der Waals surface area contributed by atoms with Gasteiger partial charge in [-0.3, -0.25) is 5.10 Å². The van der Waals surface area contributed by atoms with Crippen molar-refractivity contribution in [2.24, 2.45) is 0 Å². The molecule has 0 spiro atoms. The molecule has 112 valence electrons. The molecule has 1 unspecified atom stereocenters. The van der Waals surface area contributed by atoms with Crippen molar-refractivity contribution < 1.29 is 4.79 Å². The summed E-state index contributed by atoms with van der Waals surface area (Å²) in [6.07, 6.45) is 3.97. The maximum atomic E-state index is 11.8. The van der Waals surface area contributed by atoms with E-state index >= 15 is 0 Å². The van der Waals surface area contributed by atoms with E-state index in [1.165, 1.54) is 5.56 Å². The predicted octanol–water partition coefficient (Wildman–Crippen LogP) is 2.23. The van der Waals surface area contributed by atoms with Gasteiger partial charge in [-0.15, -0.1) is 0 Å². The number of benzene rings is 1. The average Bonchev–Trinajstić information content (AvgIpc) is 2.91. The molecular weight excluding hydrogens is 266 g/mol. The Hall–Kier alpha value is -2.50. The Morgan fingerprint density at radius 3 is 2.62 bits per heavy atom. The van der Waals surface area contributed by atoms with E-state index in [-0.39, 0.29) is 12.1 Å². The van der Waals surface area contributed by atoms with Gasteiger partial charge in [0.05, 0.1) is 11.9 Å². The number of rotatable bonds is 5. The number of aromatic nitrogens is 2. The fourth-order valence-electron chi connectivity index (χ4n) is 2.04. The number of hydrogen-bond donors (Lipinski definition) is 3. The first-order valence-electron chi connectivity index (χ1n) is 6.87. The second-order valence-corrected chi connectivity index (χ2v) is 5.25. The summed E-state index contributed by atoms with van der Waals surface area (Å²) < 4.78 is 0. The molecule has 21 heavy (non-hydrogen) atoms. The van der Waals surface area contributed by atoms with Gasteiger partial charge >= 0.3 is 6.03 Å². The van der Waals surface area contributed by atoms with Crippen LogP contribution in [0.25, 0.3) is 0 Å². The van der Waals surface area contributed by atoms with E-state index in [1.54, 1.807) is 12.4 Å². The van der Waals surface area contributed by atoms with Crippen LogP contribution >= 0.6 is 0 Å². The molecule has 1 aromatic heterocycles. The highest BCUT2D eigenvalue weighted by Gasteiger charge is 2.09. The summed E-state index contributed by atoms with van der Waals surface area (Å²) in [6.45, 7) is 1.98. The zero-order chi connectivity index (χ0) is 15.2. The van der Waals surface area contributed by atoms with Crippen molar-refractivity contribution in [3.05, 3.63) is 42.2 Å². The van der Waals surface area contributed by atoms with Crippen LogP contribution in [0.1, 0.15) is 12.5 Å². The van der Waals surface area contributed by atoms with Crippen LogP contribution in [-0.2, 0) is 6.42 Å². The predicted molar refractivity (Wildman–Crippen MR) is 84.7 cm³/mol. The van der Waals surface area contributed by atoms with Gasteiger partial charge in [-0.05, 0) is 31.0 Å². The molecule has 1 aromatic carbocycles. The van der Waals surface area contributed by atoms with Gasteiger partial charge in [0.1, 0.15) is 0 Å². The quantitative estimate of drug-likeness (QED) is 0.789. The van der Waals surface area contributed by atoms with Crippen molar-refractivity contribution in [3.63, 3.8) is 0 Å². The number of aromatic amines is 1. The topological polar surface area (TPSA) is 73.1 Å². The third kappa shape index (κ3) is 4.52. The second-order valence-electron chi connectivity index (χ2n) is 5.25. The zero-order valence-corrected chi connectivity index (χ0v) is 12.6. The van der Waals surface area contributed by atoms with Crippen molar-refractivity contribution in [2.75, 3.05) is 24.3 Å². The van der Waals surface area contributed by atoms with Crippen LogP contribution in [0.5, 0.6) is 0 Å². The summed E-state index contributed by atoms with van der Waals surface area (Å²) >= 11 is 0. The largest absolute Gasteiger partial charge is 0.378 e. The molecule has 2 aromatic rings. The van der Waals surface area contributed by atoms with Gasteiger partial charge in [-0.1, -0.05) is 12.1 Å². The Labute approximate surface area is 124 Å². The third-order valence-electron chi connectivity index (χ3n) is 3.13. The van der Waals surface area contributed by atoms with Crippen LogP contribution in [0, 0.1) is 0 Å². The normalized spacial score (nSPS) is 11.8. The highest BCUT2D eigenvalue weighted by molar-refractivity contribution is 5.89. The maximum absolute atomic E-state index is 11.8. The number of urea groups is 1. The van der Waals surface area contributed by atoms with Crippen LogP contribution in [-0.4, -0.2) is 36.4 Å². The van der Waals surface area contributed by atoms with Gasteiger partial charge in [0.25, 0.3) is 0 Å². The van der Waals surface area contributed by atoms with Crippen LogP contribution in [0.3, 0.4) is 0 Å². The summed E-state index contributed by atoms with van der Waals surface area (Å²) in [5.74, 6) is 0.